The molecular weight excluding hydrogens is 344 g/mol. The molecule has 0 bridgehead atoms. The van der Waals surface area contributed by atoms with Crippen molar-refractivity contribution >= 4 is 17.9 Å². The number of fused-ring (bicyclic) bond motifs is 1. The fourth-order valence-corrected chi connectivity index (χ4v) is 3.14. The van der Waals surface area contributed by atoms with Gasteiger partial charge in [-0.3, -0.25) is 9.59 Å². The van der Waals surface area contributed by atoms with Crippen LogP contribution in [0.15, 0.2) is 18.2 Å². The third kappa shape index (κ3) is 3.00. The Morgan fingerprint density at radius 1 is 1.23 bits per heavy atom. The van der Waals surface area contributed by atoms with E-state index in [1.54, 1.807) is 30.0 Å². The molecule has 1 aromatic carbocycles. The molecule has 0 aliphatic carbocycles. The maximum atomic E-state index is 12.4. The first-order valence-electron chi connectivity index (χ1n) is 8.33. The quantitative estimate of drug-likeness (QED) is 0.758. The number of hydrogen-bond donors (Lipinski definition) is 0. The van der Waals surface area contributed by atoms with E-state index in [0.29, 0.717) is 30.3 Å². The summed E-state index contributed by atoms with van der Waals surface area (Å²) in [4.78, 5) is 38.1. The van der Waals surface area contributed by atoms with E-state index in [9.17, 15) is 14.4 Å². The van der Waals surface area contributed by atoms with E-state index in [0.717, 1.165) is 4.90 Å². The fourth-order valence-electron chi connectivity index (χ4n) is 3.14. The van der Waals surface area contributed by atoms with Gasteiger partial charge in [-0.2, -0.15) is 0 Å². The lowest BCUT2D eigenvalue weighted by Gasteiger charge is -2.41. The molecule has 138 valence electrons. The maximum absolute atomic E-state index is 12.4. The lowest BCUT2D eigenvalue weighted by Crippen LogP contribution is -2.57. The van der Waals surface area contributed by atoms with Crippen LogP contribution in [0.5, 0.6) is 17.2 Å². The van der Waals surface area contributed by atoms with Crippen molar-refractivity contribution in [1.82, 2.24) is 9.80 Å². The molecule has 3 amide bonds. The third-order valence-corrected chi connectivity index (χ3v) is 4.55. The van der Waals surface area contributed by atoms with Crippen LogP contribution in [-0.2, 0) is 14.3 Å². The van der Waals surface area contributed by atoms with Gasteiger partial charge in [0.15, 0.2) is 24.2 Å². The number of ether oxygens (including phenoxy) is 4. The lowest BCUT2D eigenvalue weighted by atomic mass is 9.99. The van der Waals surface area contributed by atoms with Crippen molar-refractivity contribution < 1.29 is 33.3 Å². The van der Waals surface area contributed by atoms with E-state index >= 15 is 0 Å². The Morgan fingerprint density at radius 3 is 2.73 bits per heavy atom. The summed E-state index contributed by atoms with van der Waals surface area (Å²) in [5.41, 5.74) is 0. The summed E-state index contributed by atoms with van der Waals surface area (Å²) in [5.74, 6) is 1.35. The van der Waals surface area contributed by atoms with Crippen LogP contribution in [0, 0.1) is 5.92 Å². The number of cyclic esters (lactones) is 1. The van der Waals surface area contributed by atoms with Gasteiger partial charge in [0.1, 0.15) is 5.75 Å². The average Bonchev–Trinajstić information content (AvgIpc) is 3.17. The number of rotatable bonds is 5. The zero-order valence-corrected chi connectivity index (χ0v) is 14.2. The Balaban J connectivity index is 1.27. The standard InChI is InChI=1S/C17H18N2O7/c1-10(26-12-2-3-13-14(4-12)25-9-24-13)16(21)18-5-11(6-18)7-19-15(20)8-23-17(19)22/h2-4,10-11H,5-9H2,1H3/t10-/m0/s1. The summed E-state index contributed by atoms with van der Waals surface area (Å²) in [6, 6.07) is 5.15. The number of nitrogens with zero attached hydrogens (tertiary/aromatic N) is 2. The molecule has 1 atom stereocenters. The fraction of sp³-hybridized carbons (Fsp3) is 0.471. The molecule has 0 N–H and O–H groups in total. The van der Waals surface area contributed by atoms with Crippen molar-refractivity contribution in [2.24, 2.45) is 5.92 Å². The number of benzene rings is 1. The number of amides is 3. The van der Waals surface area contributed by atoms with Crippen molar-refractivity contribution in [3.8, 4) is 17.2 Å². The molecule has 1 aromatic rings. The van der Waals surface area contributed by atoms with Gasteiger partial charge in [0.25, 0.3) is 11.8 Å². The van der Waals surface area contributed by atoms with Gasteiger partial charge < -0.3 is 23.8 Å². The summed E-state index contributed by atoms with van der Waals surface area (Å²) >= 11 is 0. The molecule has 3 heterocycles. The van der Waals surface area contributed by atoms with Crippen LogP contribution in [0.4, 0.5) is 4.79 Å². The van der Waals surface area contributed by atoms with Gasteiger partial charge in [-0.1, -0.05) is 0 Å². The number of carbonyl (C=O) groups is 3. The highest BCUT2D eigenvalue weighted by molar-refractivity contribution is 5.97. The summed E-state index contributed by atoms with van der Waals surface area (Å²) < 4.78 is 20.9. The molecule has 0 radical (unpaired) electrons. The van der Waals surface area contributed by atoms with Crippen molar-refractivity contribution in [1.29, 1.82) is 0 Å². The van der Waals surface area contributed by atoms with E-state index in [1.807, 2.05) is 0 Å². The molecule has 0 saturated carbocycles. The second-order valence-corrected chi connectivity index (χ2v) is 6.44. The molecule has 9 nitrogen and oxygen atoms in total. The first kappa shape index (κ1) is 16.5. The van der Waals surface area contributed by atoms with Crippen LogP contribution in [0.1, 0.15) is 6.92 Å². The van der Waals surface area contributed by atoms with Crippen LogP contribution < -0.4 is 14.2 Å². The molecule has 0 spiro atoms. The lowest BCUT2D eigenvalue weighted by molar-refractivity contribution is -0.145. The Hall–Kier alpha value is -2.97. The van der Waals surface area contributed by atoms with E-state index in [4.69, 9.17) is 14.2 Å². The molecule has 26 heavy (non-hydrogen) atoms. The zero-order chi connectivity index (χ0) is 18.3. The summed E-state index contributed by atoms with van der Waals surface area (Å²) in [7, 11) is 0. The Morgan fingerprint density at radius 2 is 2.00 bits per heavy atom. The average molecular weight is 362 g/mol. The summed E-state index contributed by atoms with van der Waals surface area (Å²) in [5, 5.41) is 0. The van der Waals surface area contributed by atoms with Crippen LogP contribution in [0.25, 0.3) is 0 Å². The van der Waals surface area contributed by atoms with Gasteiger partial charge in [0.05, 0.1) is 0 Å². The number of carbonyl (C=O) groups excluding carboxylic acids is 3. The predicted molar refractivity (Wildman–Crippen MR) is 85.8 cm³/mol. The smallest absolute Gasteiger partial charge is 0.417 e. The predicted octanol–water partition coefficient (Wildman–Crippen LogP) is 0.620. The molecular formula is C17H18N2O7. The van der Waals surface area contributed by atoms with Gasteiger partial charge in [0.2, 0.25) is 6.79 Å². The van der Waals surface area contributed by atoms with E-state index in [2.05, 4.69) is 4.74 Å². The van der Waals surface area contributed by atoms with Gasteiger partial charge in [0, 0.05) is 31.6 Å². The number of imide groups is 1. The first-order valence-corrected chi connectivity index (χ1v) is 8.33. The SMILES string of the molecule is C[C@H](Oc1ccc2c(c1)OCO2)C(=O)N1CC(CN2C(=O)COC2=O)C1. The van der Waals surface area contributed by atoms with Crippen LogP contribution >= 0.6 is 0 Å². The summed E-state index contributed by atoms with van der Waals surface area (Å²) in [6.45, 7) is 2.89. The highest BCUT2D eigenvalue weighted by Gasteiger charge is 2.39. The normalized spacial score (nSPS) is 20.0. The second-order valence-electron chi connectivity index (χ2n) is 6.44. The van der Waals surface area contributed by atoms with Gasteiger partial charge >= 0.3 is 6.09 Å². The van der Waals surface area contributed by atoms with Gasteiger partial charge in [-0.25, -0.2) is 9.69 Å². The largest absolute Gasteiger partial charge is 0.481 e. The molecule has 9 heteroatoms. The van der Waals surface area contributed by atoms with E-state index in [-0.39, 0.29) is 37.7 Å². The summed E-state index contributed by atoms with van der Waals surface area (Å²) in [6.07, 6.45) is -1.27. The molecule has 2 fully saturated rings. The zero-order valence-electron chi connectivity index (χ0n) is 14.2. The maximum Gasteiger partial charge on any atom is 0.417 e. The minimum Gasteiger partial charge on any atom is -0.481 e. The highest BCUT2D eigenvalue weighted by Crippen LogP contribution is 2.35. The van der Waals surface area contributed by atoms with Gasteiger partial charge in [-0.05, 0) is 19.1 Å². The molecule has 3 aliphatic heterocycles. The Kier molecular flexibility index (Phi) is 4.06. The van der Waals surface area contributed by atoms with Crippen LogP contribution in [-0.4, -0.2) is 66.8 Å². The van der Waals surface area contributed by atoms with Gasteiger partial charge in [-0.15, -0.1) is 0 Å². The monoisotopic (exact) mass is 362 g/mol. The third-order valence-electron chi connectivity index (χ3n) is 4.55. The Labute approximate surface area is 149 Å². The molecule has 0 unspecified atom stereocenters. The van der Waals surface area contributed by atoms with Crippen molar-refractivity contribution in [3.05, 3.63) is 18.2 Å². The minimum absolute atomic E-state index is 0.0614. The number of likely N-dealkylation sites (tertiary alicyclic amines) is 1. The molecule has 2 saturated heterocycles. The molecule has 3 aliphatic rings. The highest BCUT2D eigenvalue weighted by atomic mass is 16.7. The minimum atomic E-state index is -0.658. The Bertz CT molecular complexity index is 743. The van der Waals surface area contributed by atoms with E-state index < -0.39 is 12.2 Å². The van der Waals surface area contributed by atoms with Crippen molar-refractivity contribution in [2.75, 3.05) is 33.0 Å². The number of hydrogen-bond acceptors (Lipinski definition) is 7. The van der Waals surface area contributed by atoms with Crippen molar-refractivity contribution in [3.63, 3.8) is 0 Å². The molecule has 4 rings (SSSR count). The second kappa shape index (κ2) is 6.40. The first-order chi connectivity index (χ1) is 12.5. The van der Waals surface area contributed by atoms with Crippen LogP contribution in [0.2, 0.25) is 0 Å². The topological polar surface area (TPSA) is 94.6 Å². The van der Waals surface area contributed by atoms with E-state index in [1.165, 1.54) is 0 Å². The molecule has 0 aromatic heterocycles. The van der Waals surface area contributed by atoms with Crippen molar-refractivity contribution in [2.45, 2.75) is 13.0 Å². The van der Waals surface area contributed by atoms with Crippen LogP contribution in [0.3, 0.4) is 0 Å².